The average molecular weight is 263 g/mol. The predicted molar refractivity (Wildman–Crippen MR) is 78.6 cm³/mol. The van der Waals surface area contributed by atoms with Gasteiger partial charge >= 0.3 is 0 Å². The molecule has 1 aliphatic carbocycles. The molecule has 0 bridgehead atoms. The molecule has 0 radical (unpaired) electrons. The highest BCUT2D eigenvalue weighted by atomic mass is 19.1. The maximum Gasteiger partial charge on any atom is 0.123 e. The Morgan fingerprint density at radius 1 is 1.16 bits per heavy atom. The maximum absolute atomic E-state index is 13.0. The van der Waals surface area contributed by atoms with Crippen molar-refractivity contribution >= 4 is 0 Å². The molecule has 2 atom stereocenters. The first-order valence-corrected chi connectivity index (χ1v) is 7.72. The molecule has 0 aromatic heterocycles. The molecule has 2 heteroatoms. The third-order valence-electron chi connectivity index (χ3n) is 4.50. The summed E-state index contributed by atoms with van der Waals surface area (Å²) in [6.07, 6.45) is 7.91. The Labute approximate surface area is 116 Å². The molecule has 0 aliphatic heterocycles. The molecule has 1 aromatic rings. The predicted octanol–water partition coefficient (Wildman–Crippen LogP) is 4.84. The second-order valence-electron chi connectivity index (χ2n) is 5.87. The monoisotopic (exact) mass is 263 g/mol. The summed E-state index contributed by atoms with van der Waals surface area (Å²) in [7, 11) is 0. The largest absolute Gasteiger partial charge is 0.307 e. The van der Waals surface area contributed by atoms with Gasteiger partial charge in [0.1, 0.15) is 5.82 Å². The molecular formula is C17H26FN. The third kappa shape index (κ3) is 4.04. The van der Waals surface area contributed by atoms with Crippen molar-refractivity contribution < 1.29 is 4.39 Å². The smallest absolute Gasteiger partial charge is 0.123 e. The molecule has 0 spiro atoms. The number of rotatable bonds is 5. The van der Waals surface area contributed by atoms with E-state index >= 15 is 0 Å². The minimum absolute atomic E-state index is 0.154. The van der Waals surface area contributed by atoms with E-state index in [2.05, 4.69) is 19.2 Å². The zero-order valence-corrected chi connectivity index (χ0v) is 12.2. The maximum atomic E-state index is 13.0. The lowest BCUT2D eigenvalue weighted by atomic mass is 9.84. The Morgan fingerprint density at radius 2 is 1.79 bits per heavy atom. The van der Waals surface area contributed by atoms with Crippen molar-refractivity contribution in [1.29, 1.82) is 0 Å². The summed E-state index contributed by atoms with van der Waals surface area (Å²) in [5.41, 5.74) is 1.20. The van der Waals surface area contributed by atoms with Gasteiger partial charge in [-0.15, -0.1) is 0 Å². The quantitative estimate of drug-likeness (QED) is 0.802. The molecule has 1 aliphatic rings. The minimum atomic E-state index is -0.154. The molecule has 0 amide bonds. The van der Waals surface area contributed by atoms with Crippen molar-refractivity contribution in [3.63, 3.8) is 0 Å². The summed E-state index contributed by atoms with van der Waals surface area (Å²) >= 11 is 0. The lowest BCUT2D eigenvalue weighted by Crippen LogP contribution is -2.37. The molecule has 106 valence electrons. The van der Waals surface area contributed by atoms with E-state index in [0.29, 0.717) is 12.1 Å². The highest BCUT2D eigenvalue weighted by molar-refractivity contribution is 5.20. The van der Waals surface area contributed by atoms with Crippen LogP contribution in [0.1, 0.15) is 64.0 Å². The molecule has 1 fully saturated rings. The van der Waals surface area contributed by atoms with Crippen LogP contribution in [-0.4, -0.2) is 6.04 Å². The van der Waals surface area contributed by atoms with Crippen molar-refractivity contribution in [2.75, 3.05) is 0 Å². The molecule has 19 heavy (non-hydrogen) atoms. The van der Waals surface area contributed by atoms with Crippen LogP contribution in [0.4, 0.5) is 4.39 Å². The van der Waals surface area contributed by atoms with Gasteiger partial charge in [-0.1, -0.05) is 38.3 Å². The van der Waals surface area contributed by atoms with Crippen LogP contribution in [0.2, 0.25) is 0 Å². The van der Waals surface area contributed by atoms with Crippen LogP contribution < -0.4 is 5.32 Å². The van der Waals surface area contributed by atoms with Crippen molar-refractivity contribution in [3.05, 3.63) is 35.6 Å². The molecule has 1 unspecified atom stereocenters. The van der Waals surface area contributed by atoms with Crippen LogP contribution >= 0.6 is 0 Å². The number of nitrogens with one attached hydrogen (secondary N) is 1. The van der Waals surface area contributed by atoms with Crippen LogP contribution in [0.3, 0.4) is 0 Å². The minimum Gasteiger partial charge on any atom is -0.307 e. The average Bonchev–Trinajstić information content (AvgIpc) is 2.46. The van der Waals surface area contributed by atoms with Gasteiger partial charge in [0.2, 0.25) is 0 Å². The summed E-state index contributed by atoms with van der Waals surface area (Å²) < 4.78 is 13.0. The van der Waals surface area contributed by atoms with Crippen LogP contribution in [-0.2, 0) is 0 Å². The zero-order chi connectivity index (χ0) is 13.7. The summed E-state index contributed by atoms with van der Waals surface area (Å²) in [5, 5.41) is 3.75. The molecule has 1 saturated carbocycles. The summed E-state index contributed by atoms with van der Waals surface area (Å²) in [6, 6.07) is 7.83. The SMILES string of the molecule is CCC(N[C@@H](C)C1CCCCC1)c1ccc(F)cc1. The second kappa shape index (κ2) is 7.04. The molecule has 1 N–H and O–H groups in total. The van der Waals surface area contributed by atoms with E-state index in [-0.39, 0.29) is 5.82 Å². The normalized spacial score (nSPS) is 20.2. The lowest BCUT2D eigenvalue weighted by Gasteiger charge is -2.31. The summed E-state index contributed by atoms with van der Waals surface area (Å²) in [5.74, 6) is 0.655. The van der Waals surface area contributed by atoms with Crippen molar-refractivity contribution in [2.45, 2.75) is 64.5 Å². The van der Waals surface area contributed by atoms with Gasteiger partial charge in [-0.05, 0) is 49.8 Å². The summed E-state index contributed by atoms with van der Waals surface area (Å²) in [4.78, 5) is 0. The van der Waals surface area contributed by atoms with E-state index in [1.54, 1.807) is 12.1 Å². The molecule has 1 aromatic carbocycles. The number of hydrogen-bond acceptors (Lipinski definition) is 1. The van der Waals surface area contributed by atoms with Crippen LogP contribution in [0.25, 0.3) is 0 Å². The van der Waals surface area contributed by atoms with E-state index in [0.717, 1.165) is 12.3 Å². The first-order chi connectivity index (χ1) is 9.20. The van der Waals surface area contributed by atoms with E-state index in [1.807, 2.05) is 12.1 Å². The Morgan fingerprint density at radius 3 is 2.37 bits per heavy atom. The van der Waals surface area contributed by atoms with Gasteiger partial charge in [0, 0.05) is 12.1 Å². The highest BCUT2D eigenvalue weighted by Gasteiger charge is 2.22. The molecule has 0 saturated heterocycles. The van der Waals surface area contributed by atoms with Gasteiger partial charge in [-0.2, -0.15) is 0 Å². The zero-order valence-electron chi connectivity index (χ0n) is 12.2. The molecular weight excluding hydrogens is 237 g/mol. The third-order valence-corrected chi connectivity index (χ3v) is 4.50. The molecule has 2 rings (SSSR count). The lowest BCUT2D eigenvalue weighted by molar-refractivity contribution is 0.262. The second-order valence-corrected chi connectivity index (χ2v) is 5.87. The van der Waals surface area contributed by atoms with Crippen molar-refractivity contribution in [1.82, 2.24) is 5.32 Å². The van der Waals surface area contributed by atoms with Gasteiger partial charge in [0.25, 0.3) is 0 Å². The number of halogens is 1. The Hall–Kier alpha value is -0.890. The van der Waals surface area contributed by atoms with Gasteiger partial charge in [-0.3, -0.25) is 0 Å². The number of benzene rings is 1. The van der Waals surface area contributed by atoms with Gasteiger partial charge < -0.3 is 5.32 Å². The Balaban J connectivity index is 1.96. The first kappa shape index (κ1) is 14.5. The summed E-state index contributed by atoms with van der Waals surface area (Å²) in [6.45, 7) is 4.50. The van der Waals surface area contributed by atoms with Gasteiger partial charge in [0.15, 0.2) is 0 Å². The topological polar surface area (TPSA) is 12.0 Å². The van der Waals surface area contributed by atoms with Crippen LogP contribution in [0, 0.1) is 11.7 Å². The van der Waals surface area contributed by atoms with Gasteiger partial charge in [0.05, 0.1) is 0 Å². The number of hydrogen-bond donors (Lipinski definition) is 1. The fourth-order valence-electron chi connectivity index (χ4n) is 3.23. The molecule has 1 nitrogen and oxygen atoms in total. The van der Waals surface area contributed by atoms with Crippen LogP contribution in [0.5, 0.6) is 0 Å². The Kier molecular flexibility index (Phi) is 5.38. The van der Waals surface area contributed by atoms with Crippen molar-refractivity contribution in [3.8, 4) is 0 Å². The van der Waals surface area contributed by atoms with Crippen molar-refractivity contribution in [2.24, 2.45) is 5.92 Å². The fraction of sp³-hybridized carbons (Fsp3) is 0.647. The molecule has 0 heterocycles. The standard InChI is InChI=1S/C17H26FN/c1-3-17(15-9-11-16(18)12-10-15)19-13(2)14-7-5-4-6-8-14/h9-14,17,19H,3-8H2,1-2H3/t13-,17?/m0/s1. The van der Waals surface area contributed by atoms with E-state index in [4.69, 9.17) is 0 Å². The highest BCUT2D eigenvalue weighted by Crippen LogP contribution is 2.28. The van der Waals surface area contributed by atoms with Gasteiger partial charge in [-0.25, -0.2) is 4.39 Å². The van der Waals surface area contributed by atoms with E-state index in [1.165, 1.54) is 37.7 Å². The van der Waals surface area contributed by atoms with Crippen LogP contribution in [0.15, 0.2) is 24.3 Å². The van der Waals surface area contributed by atoms with E-state index in [9.17, 15) is 4.39 Å². The first-order valence-electron chi connectivity index (χ1n) is 7.72. The van der Waals surface area contributed by atoms with E-state index < -0.39 is 0 Å². The Bertz CT molecular complexity index is 367. The fourth-order valence-corrected chi connectivity index (χ4v) is 3.23.